The van der Waals surface area contributed by atoms with Gasteiger partial charge in [0.05, 0.1) is 72.7 Å². The van der Waals surface area contributed by atoms with Gasteiger partial charge in [-0.15, -0.1) is 0 Å². The van der Waals surface area contributed by atoms with Crippen molar-refractivity contribution in [1.29, 1.82) is 0 Å². The van der Waals surface area contributed by atoms with Gasteiger partial charge in [0.25, 0.3) is 0 Å². The predicted octanol–water partition coefficient (Wildman–Crippen LogP) is 6.08. The number of ether oxygens (including phenoxy) is 7. The van der Waals surface area contributed by atoms with Gasteiger partial charge in [-0.3, -0.25) is 0 Å². The number of halogens is 5. The summed E-state index contributed by atoms with van der Waals surface area (Å²) in [6.45, 7) is 3.98. The largest absolute Gasteiger partial charge is 0.459 e. The van der Waals surface area contributed by atoms with Gasteiger partial charge in [0.15, 0.2) is 23.3 Å². The number of carbonyl (C=O) groups excluding carboxylic acids is 1. The molecule has 1 aromatic rings. The first kappa shape index (κ1) is 40.5. The van der Waals surface area contributed by atoms with Crippen LogP contribution in [0.15, 0.2) is 0 Å². The Morgan fingerprint density at radius 2 is 0.705 bits per heavy atom. The average molecular weight is 663 g/mol. The molecule has 1 rings (SSSR count). The normalized spacial score (nSPS) is 11.4. The van der Waals surface area contributed by atoms with Crippen molar-refractivity contribution in [1.82, 2.24) is 0 Å². The Morgan fingerprint density at radius 3 is 1.09 bits per heavy atom. The maximum absolute atomic E-state index is 13.6. The Bertz CT molecular complexity index is 855. The van der Waals surface area contributed by atoms with E-state index in [4.69, 9.17) is 28.4 Å². The molecule has 0 aromatic heterocycles. The Kier molecular flexibility index (Phi) is 25.5. The quantitative estimate of drug-likeness (QED) is 0.0265. The van der Waals surface area contributed by atoms with Crippen LogP contribution in [-0.2, 0) is 33.2 Å². The molecule has 0 unspecified atom stereocenters. The van der Waals surface area contributed by atoms with E-state index in [0.717, 1.165) is 18.8 Å². The van der Waals surface area contributed by atoms with Crippen LogP contribution in [0.4, 0.5) is 22.0 Å². The molecule has 1 aromatic carbocycles. The van der Waals surface area contributed by atoms with E-state index in [1.807, 2.05) is 0 Å². The first-order valence-corrected chi connectivity index (χ1v) is 15.8. The molecule has 14 heteroatoms. The standard InChI is InChI=1S/C30H47F5O8S/c31-25-24(26(32)28(34)29(35)27(25)33)30(36)43-22-21-42-20-19-41-18-17-40-16-15-39-14-13-38-12-11-37-10-8-6-4-2-1-3-5-7-9-23-44/h44H,1-23H2. The highest BCUT2D eigenvalue weighted by Crippen LogP contribution is 2.23. The Hall–Kier alpha value is -1.55. The molecule has 256 valence electrons. The first-order valence-electron chi connectivity index (χ1n) is 15.2. The van der Waals surface area contributed by atoms with Crippen LogP contribution in [0.2, 0.25) is 0 Å². The van der Waals surface area contributed by atoms with Gasteiger partial charge in [-0.2, -0.15) is 12.6 Å². The van der Waals surface area contributed by atoms with Crippen LogP contribution in [0.3, 0.4) is 0 Å². The van der Waals surface area contributed by atoms with E-state index in [1.54, 1.807) is 0 Å². The van der Waals surface area contributed by atoms with Gasteiger partial charge in [0.1, 0.15) is 12.2 Å². The second-order valence-electron chi connectivity index (χ2n) is 9.66. The third-order valence-electron chi connectivity index (χ3n) is 6.18. The van der Waals surface area contributed by atoms with Crippen molar-refractivity contribution in [2.75, 3.05) is 91.6 Å². The molecule has 0 heterocycles. The highest BCUT2D eigenvalue weighted by atomic mass is 32.1. The van der Waals surface area contributed by atoms with Gasteiger partial charge in [-0.05, 0) is 18.6 Å². The molecular formula is C30H47F5O8S. The van der Waals surface area contributed by atoms with Crippen molar-refractivity contribution in [3.8, 4) is 0 Å². The van der Waals surface area contributed by atoms with Crippen LogP contribution in [0, 0.1) is 29.1 Å². The lowest BCUT2D eigenvalue weighted by molar-refractivity contribution is -0.0195. The van der Waals surface area contributed by atoms with Crippen LogP contribution in [0.25, 0.3) is 0 Å². The van der Waals surface area contributed by atoms with Crippen molar-refractivity contribution < 1.29 is 59.9 Å². The van der Waals surface area contributed by atoms with Crippen molar-refractivity contribution in [3.63, 3.8) is 0 Å². The molecule has 8 nitrogen and oxygen atoms in total. The van der Waals surface area contributed by atoms with E-state index in [9.17, 15) is 26.7 Å². The third-order valence-corrected chi connectivity index (χ3v) is 6.50. The lowest BCUT2D eigenvalue weighted by atomic mass is 10.1. The SMILES string of the molecule is O=C(OCCOCCOCCOCCOCCOCCOCCCCCCCCCCCS)c1c(F)c(F)c(F)c(F)c1F. The molecule has 0 aliphatic rings. The number of esters is 1. The highest BCUT2D eigenvalue weighted by molar-refractivity contribution is 7.80. The number of carbonyl (C=O) groups is 1. The van der Waals surface area contributed by atoms with Crippen molar-refractivity contribution in [3.05, 3.63) is 34.6 Å². The lowest BCUT2D eigenvalue weighted by Crippen LogP contribution is -2.18. The molecule has 0 bridgehead atoms. The van der Waals surface area contributed by atoms with Crippen LogP contribution < -0.4 is 0 Å². The Labute approximate surface area is 262 Å². The smallest absolute Gasteiger partial charge is 0.344 e. The van der Waals surface area contributed by atoms with Gasteiger partial charge in [-0.1, -0.05) is 44.9 Å². The summed E-state index contributed by atoms with van der Waals surface area (Å²) in [5.74, 6) is -12.0. The molecule has 0 aliphatic carbocycles. The maximum Gasteiger partial charge on any atom is 0.344 e. The van der Waals surface area contributed by atoms with Crippen LogP contribution in [0.5, 0.6) is 0 Å². The van der Waals surface area contributed by atoms with E-state index >= 15 is 0 Å². The van der Waals surface area contributed by atoms with Crippen molar-refractivity contribution >= 4 is 18.6 Å². The zero-order valence-electron chi connectivity index (χ0n) is 25.4. The molecule has 44 heavy (non-hydrogen) atoms. The summed E-state index contributed by atoms with van der Waals surface area (Å²) in [6.07, 6.45) is 11.4. The molecule has 0 saturated carbocycles. The monoisotopic (exact) mass is 662 g/mol. The average Bonchev–Trinajstić information content (AvgIpc) is 3.02. The van der Waals surface area contributed by atoms with E-state index in [2.05, 4.69) is 17.4 Å². The highest BCUT2D eigenvalue weighted by Gasteiger charge is 2.30. The van der Waals surface area contributed by atoms with Gasteiger partial charge in [0, 0.05) is 6.61 Å². The first-order chi connectivity index (χ1) is 21.4. The van der Waals surface area contributed by atoms with E-state index < -0.39 is 47.2 Å². The molecule has 0 atom stereocenters. The van der Waals surface area contributed by atoms with Crippen molar-refractivity contribution in [2.45, 2.75) is 57.8 Å². The summed E-state index contributed by atoms with van der Waals surface area (Å²) in [6, 6.07) is 0. The van der Waals surface area contributed by atoms with Gasteiger partial charge in [0.2, 0.25) is 5.82 Å². The third kappa shape index (κ3) is 19.1. The minimum Gasteiger partial charge on any atom is -0.459 e. The molecule has 0 spiro atoms. The summed E-state index contributed by atoms with van der Waals surface area (Å²) < 4.78 is 103. The summed E-state index contributed by atoms with van der Waals surface area (Å²) in [5.41, 5.74) is -1.66. The fourth-order valence-electron chi connectivity index (χ4n) is 3.80. The Morgan fingerprint density at radius 1 is 0.409 bits per heavy atom. The predicted molar refractivity (Wildman–Crippen MR) is 157 cm³/mol. The maximum atomic E-state index is 13.6. The number of rotatable bonds is 30. The fourth-order valence-corrected chi connectivity index (χ4v) is 4.03. The van der Waals surface area contributed by atoms with E-state index in [0.29, 0.717) is 52.9 Å². The Balaban J connectivity index is 1.79. The van der Waals surface area contributed by atoms with Gasteiger partial charge < -0.3 is 33.2 Å². The van der Waals surface area contributed by atoms with Crippen LogP contribution in [-0.4, -0.2) is 97.6 Å². The number of hydrogen-bond donors (Lipinski definition) is 1. The second-order valence-corrected chi connectivity index (χ2v) is 10.1. The van der Waals surface area contributed by atoms with Crippen LogP contribution >= 0.6 is 12.6 Å². The molecule has 0 aliphatic heterocycles. The fraction of sp³-hybridized carbons (Fsp3) is 0.767. The summed E-state index contributed by atoms with van der Waals surface area (Å²) >= 11 is 4.23. The van der Waals surface area contributed by atoms with Crippen LogP contribution in [0.1, 0.15) is 68.1 Å². The summed E-state index contributed by atoms with van der Waals surface area (Å²) in [7, 11) is 0. The minimum atomic E-state index is -2.36. The van der Waals surface area contributed by atoms with Gasteiger partial charge in [-0.25, -0.2) is 26.7 Å². The molecular weight excluding hydrogens is 615 g/mol. The zero-order chi connectivity index (χ0) is 32.3. The molecule has 0 radical (unpaired) electrons. The molecule has 0 N–H and O–H groups in total. The number of benzene rings is 1. The van der Waals surface area contributed by atoms with E-state index in [1.165, 1.54) is 51.4 Å². The topological polar surface area (TPSA) is 81.7 Å². The number of hydrogen-bond acceptors (Lipinski definition) is 9. The van der Waals surface area contributed by atoms with E-state index in [-0.39, 0.29) is 19.8 Å². The molecule has 0 saturated heterocycles. The number of thiol groups is 1. The van der Waals surface area contributed by atoms with Crippen molar-refractivity contribution in [2.24, 2.45) is 0 Å². The minimum absolute atomic E-state index is 0.117. The zero-order valence-corrected chi connectivity index (χ0v) is 26.3. The lowest BCUT2D eigenvalue weighted by Gasteiger charge is -2.09. The molecule has 0 amide bonds. The van der Waals surface area contributed by atoms with Gasteiger partial charge >= 0.3 is 5.97 Å². The number of unbranched alkanes of at least 4 members (excludes halogenated alkanes) is 8. The summed E-state index contributed by atoms with van der Waals surface area (Å²) in [4.78, 5) is 11.7. The second kappa shape index (κ2) is 27.7. The summed E-state index contributed by atoms with van der Waals surface area (Å²) in [5, 5.41) is 0. The molecule has 0 fully saturated rings.